The number of hydrogen-bond acceptors (Lipinski definition) is 4. The van der Waals surface area contributed by atoms with Crippen molar-refractivity contribution >= 4 is 27.5 Å². The quantitative estimate of drug-likeness (QED) is 0.570. The predicted molar refractivity (Wildman–Crippen MR) is 104 cm³/mol. The fourth-order valence-corrected chi connectivity index (χ4v) is 4.01. The number of nitrogens with one attached hydrogen (secondary N) is 1. The molecule has 0 aliphatic carbocycles. The van der Waals surface area contributed by atoms with E-state index < -0.39 is 0 Å². The molecule has 0 aliphatic rings. The molecule has 1 atom stereocenters. The third-order valence-corrected chi connectivity index (χ3v) is 5.50. The molecule has 0 saturated carbocycles. The highest BCUT2D eigenvalue weighted by Crippen LogP contribution is 2.30. The summed E-state index contributed by atoms with van der Waals surface area (Å²) in [5, 5.41) is 8.46. The maximum Gasteiger partial charge on any atom is 0.261 e. The van der Waals surface area contributed by atoms with Gasteiger partial charge in [-0.05, 0) is 61.9 Å². The van der Waals surface area contributed by atoms with E-state index in [4.69, 9.17) is 0 Å². The van der Waals surface area contributed by atoms with E-state index >= 15 is 0 Å². The van der Waals surface area contributed by atoms with Crippen LogP contribution < -0.4 is 5.32 Å². The molecule has 4 aromatic rings. The van der Waals surface area contributed by atoms with E-state index in [1.807, 2.05) is 32.0 Å². The summed E-state index contributed by atoms with van der Waals surface area (Å²) >= 11 is 1.37. The lowest BCUT2D eigenvalue weighted by molar-refractivity contribution is 0.0944. The molecule has 136 valence electrons. The van der Waals surface area contributed by atoms with Crippen molar-refractivity contribution in [1.82, 2.24) is 20.1 Å². The van der Waals surface area contributed by atoms with Crippen molar-refractivity contribution in [3.63, 3.8) is 0 Å². The Bertz CT molecular complexity index is 1100. The third kappa shape index (κ3) is 3.33. The molecular weight excluding hydrogens is 363 g/mol. The minimum absolute atomic E-state index is 0.125. The van der Waals surface area contributed by atoms with Crippen molar-refractivity contribution in [2.75, 3.05) is 0 Å². The molecule has 0 aliphatic heterocycles. The van der Waals surface area contributed by atoms with Gasteiger partial charge in [0.25, 0.3) is 5.91 Å². The summed E-state index contributed by atoms with van der Waals surface area (Å²) in [6.07, 6.45) is 3.41. The Hall–Kier alpha value is -3.06. The van der Waals surface area contributed by atoms with Gasteiger partial charge in [0.2, 0.25) is 0 Å². The lowest BCUT2D eigenvalue weighted by Crippen LogP contribution is -2.25. The molecule has 0 fully saturated rings. The van der Waals surface area contributed by atoms with Crippen LogP contribution in [-0.4, -0.2) is 20.7 Å². The number of halogens is 1. The number of aryl methyl sites for hydroxylation is 1. The van der Waals surface area contributed by atoms with Crippen LogP contribution in [0.25, 0.3) is 15.9 Å². The van der Waals surface area contributed by atoms with Crippen molar-refractivity contribution in [1.29, 1.82) is 0 Å². The number of benzene rings is 1. The van der Waals surface area contributed by atoms with Gasteiger partial charge in [0.05, 0.1) is 22.3 Å². The molecule has 1 N–H and O–H groups in total. The molecule has 7 heteroatoms. The van der Waals surface area contributed by atoms with Gasteiger partial charge in [0.15, 0.2) is 0 Å². The average Bonchev–Trinajstić information content (AvgIpc) is 3.24. The third-order valence-electron chi connectivity index (χ3n) is 4.39. The number of fused-ring (bicyclic) bond motifs is 1. The lowest BCUT2D eigenvalue weighted by atomic mass is 10.1. The fraction of sp³-hybridized carbons (Fsp3) is 0.150. The molecule has 27 heavy (non-hydrogen) atoms. The standard InChI is InChI=1S/C20H17FN4OS/c1-12(14-7-9-22-10-8-14)23-19(26)18-11-17-13(2)24-25(20(17)27-18)16-5-3-15(21)4-6-16/h3-12H,1-2H3,(H,23,26). The molecule has 5 nitrogen and oxygen atoms in total. The first-order valence-electron chi connectivity index (χ1n) is 8.49. The zero-order valence-corrected chi connectivity index (χ0v) is 15.6. The van der Waals surface area contributed by atoms with E-state index in [0.717, 1.165) is 27.2 Å². The monoisotopic (exact) mass is 380 g/mol. The Kier molecular flexibility index (Phi) is 4.45. The van der Waals surface area contributed by atoms with Gasteiger partial charge in [-0.3, -0.25) is 9.78 Å². The highest BCUT2D eigenvalue weighted by Gasteiger charge is 2.18. The fourth-order valence-electron chi connectivity index (χ4n) is 2.92. The smallest absolute Gasteiger partial charge is 0.261 e. The summed E-state index contributed by atoms with van der Waals surface area (Å²) in [7, 11) is 0. The van der Waals surface area contributed by atoms with Gasteiger partial charge < -0.3 is 5.32 Å². The average molecular weight is 380 g/mol. The summed E-state index contributed by atoms with van der Waals surface area (Å²) in [5.74, 6) is -0.430. The van der Waals surface area contributed by atoms with Crippen molar-refractivity contribution in [3.05, 3.63) is 76.8 Å². The summed E-state index contributed by atoms with van der Waals surface area (Å²) in [6.45, 7) is 3.84. The largest absolute Gasteiger partial charge is 0.345 e. The van der Waals surface area contributed by atoms with Crippen LogP contribution in [0.2, 0.25) is 0 Å². The number of amides is 1. The maximum atomic E-state index is 13.2. The number of nitrogens with zero attached hydrogens (tertiary/aromatic N) is 3. The Morgan fingerprint density at radius 1 is 1.19 bits per heavy atom. The second-order valence-electron chi connectivity index (χ2n) is 6.28. The van der Waals surface area contributed by atoms with Gasteiger partial charge in [0, 0.05) is 17.8 Å². The summed E-state index contributed by atoms with van der Waals surface area (Å²) in [4.78, 5) is 18.2. The zero-order valence-electron chi connectivity index (χ0n) is 14.8. The summed E-state index contributed by atoms with van der Waals surface area (Å²) in [5.41, 5.74) is 2.58. The van der Waals surface area contributed by atoms with Crippen molar-refractivity contribution in [3.8, 4) is 5.69 Å². The van der Waals surface area contributed by atoms with Crippen LogP contribution in [0.5, 0.6) is 0 Å². The zero-order chi connectivity index (χ0) is 19.0. The Labute approximate surface area is 159 Å². The van der Waals surface area contributed by atoms with Crippen LogP contribution in [0.15, 0.2) is 54.9 Å². The number of aromatic nitrogens is 3. The van der Waals surface area contributed by atoms with Gasteiger partial charge in [0.1, 0.15) is 10.6 Å². The first-order valence-corrected chi connectivity index (χ1v) is 9.30. The molecule has 0 radical (unpaired) electrons. The Morgan fingerprint density at radius 3 is 2.59 bits per heavy atom. The van der Waals surface area contributed by atoms with Gasteiger partial charge in [-0.2, -0.15) is 5.10 Å². The summed E-state index contributed by atoms with van der Waals surface area (Å²) in [6, 6.07) is 11.6. The molecule has 3 aromatic heterocycles. The number of hydrogen-bond donors (Lipinski definition) is 1. The SMILES string of the molecule is Cc1nn(-c2ccc(F)cc2)c2sc(C(=O)NC(C)c3ccncc3)cc12. The summed E-state index contributed by atoms with van der Waals surface area (Å²) < 4.78 is 15.0. The number of carbonyl (C=O) groups is 1. The number of carbonyl (C=O) groups excluding carboxylic acids is 1. The second kappa shape index (κ2) is 6.92. The maximum absolute atomic E-state index is 13.2. The first-order chi connectivity index (χ1) is 13.0. The van der Waals surface area contributed by atoms with E-state index in [0.29, 0.717) is 4.88 Å². The molecule has 1 aromatic carbocycles. The van der Waals surface area contributed by atoms with Crippen molar-refractivity contribution in [2.24, 2.45) is 0 Å². The molecule has 0 saturated heterocycles. The van der Waals surface area contributed by atoms with Crippen LogP contribution in [0, 0.1) is 12.7 Å². The van der Waals surface area contributed by atoms with E-state index in [-0.39, 0.29) is 17.8 Å². The lowest BCUT2D eigenvalue weighted by Gasteiger charge is -2.13. The molecule has 1 amide bonds. The molecule has 0 bridgehead atoms. The Balaban J connectivity index is 1.64. The van der Waals surface area contributed by atoms with Crippen LogP contribution >= 0.6 is 11.3 Å². The number of pyridine rings is 1. The van der Waals surface area contributed by atoms with Crippen molar-refractivity contribution < 1.29 is 9.18 Å². The first kappa shape index (κ1) is 17.4. The van der Waals surface area contributed by atoms with Crippen LogP contribution in [0.1, 0.15) is 33.9 Å². The highest BCUT2D eigenvalue weighted by atomic mass is 32.1. The molecule has 3 heterocycles. The van der Waals surface area contributed by atoms with Crippen molar-refractivity contribution in [2.45, 2.75) is 19.9 Å². The molecule has 1 unspecified atom stereocenters. The van der Waals surface area contributed by atoms with Gasteiger partial charge in [-0.15, -0.1) is 11.3 Å². The second-order valence-corrected chi connectivity index (χ2v) is 7.31. The normalized spacial score (nSPS) is 12.3. The molecular formula is C20H17FN4OS. The number of thiophene rings is 1. The minimum Gasteiger partial charge on any atom is -0.345 e. The Morgan fingerprint density at radius 2 is 1.89 bits per heavy atom. The highest BCUT2D eigenvalue weighted by molar-refractivity contribution is 7.20. The van der Waals surface area contributed by atoms with Crippen LogP contribution in [0.4, 0.5) is 4.39 Å². The molecule has 4 rings (SSSR count). The van der Waals surface area contributed by atoms with Crippen LogP contribution in [-0.2, 0) is 0 Å². The van der Waals surface area contributed by atoms with E-state index in [2.05, 4.69) is 15.4 Å². The molecule has 0 spiro atoms. The van der Waals surface area contributed by atoms with E-state index in [1.165, 1.54) is 23.5 Å². The van der Waals surface area contributed by atoms with Gasteiger partial charge >= 0.3 is 0 Å². The van der Waals surface area contributed by atoms with E-state index in [1.54, 1.807) is 29.2 Å². The minimum atomic E-state index is -0.296. The van der Waals surface area contributed by atoms with E-state index in [9.17, 15) is 9.18 Å². The van der Waals surface area contributed by atoms with Gasteiger partial charge in [-0.25, -0.2) is 9.07 Å². The number of rotatable bonds is 4. The predicted octanol–water partition coefficient (Wildman–Crippen LogP) is 4.42. The van der Waals surface area contributed by atoms with Gasteiger partial charge in [-0.1, -0.05) is 0 Å². The van der Waals surface area contributed by atoms with Crippen LogP contribution in [0.3, 0.4) is 0 Å². The topological polar surface area (TPSA) is 59.8 Å².